The maximum absolute atomic E-state index is 14.1. The molecule has 1 aromatic carbocycles. The molecule has 134 valence electrons. The van der Waals surface area contributed by atoms with Gasteiger partial charge in [0.05, 0.1) is 12.0 Å². The molecule has 0 saturated heterocycles. The molecule has 25 heavy (non-hydrogen) atoms. The average molecular weight is 347 g/mol. The molecule has 0 aliphatic heterocycles. The van der Waals surface area contributed by atoms with Crippen LogP contribution in [0.5, 0.6) is 0 Å². The number of nitrogens with zero attached hydrogens (tertiary/aromatic N) is 1. The first-order chi connectivity index (χ1) is 11.5. The van der Waals surface area contributed by atoms with Crippen LogP contribution < -0.4 is 0 Å². The van der Waals surface area contributed by atoms with Crippen LogP contribution in [0, 0.1) is 61.0 Å². The third-order valence-electron chi connectivity index (χ3n) is 5.35. The fraction of sp³-hybridized carbons (Fsp3) is 0.500. The van der Waals surface area contributed by atoms with Crippen LogP contribution in [-0.4, -0.2) is 5.97 Å². The Bertz CT molecular complexity index is 774. The molecule has 2 rings (SSSR count). The van der Waals surface area contributed by atoms with Crippen LogP contribution in [0.15, 0.2) is 11.6 Å². The van der Waals surface area contributed by atoms with E-state index >= 15 is 0 Å². The van der Waals surface area contributed by atoms with E-state index in [0.717, 1.165) is 0 Å². The van der Waals surface area contributed by atoms with Crippen molar-refractivity contribution < 1.29 is 18.3 Å². The lowest BCUT2D eigenvalue weighted by Crippen LogP contribution is -2.13. The Morgan fingerprint density at radius 1 is 1.20 bits per heavy atom. The highest BCUT2D eigenvalue weighted by molar-refractivity contribution is 5.78. The Morgan fingerprint density at radius 3 is 2.20 bits per heavy atom. The molecule has 0 heterocycles. The number of hydrogen-bond donors (Lipinski definition) is 0. The molecule has 1 fully saturated rings. The Balaban J connectivity index is 2.16. The summed E-state index contributed by atoms with van der Waals surface area (Å²) in [5.41, 5.74) is 1.22. The van der Waals surface area contributed by atoms with Gasteiger partial charge < -0.3 is 4.74 Å². The fourth-order valence-electron chi connectivity index (χ4n) is 3.40. The SMILES string of the molecule is CC(C#N)=C[C@@H]1[C@@H](C(=O)OCc2c(C)c(F)c(C)c(F)c2C)C1(C)C. The van der Waals surface area contributed by atoms with Gasteiger partial charge in [-0.05, 0) is 50.2 Å². The zero-order valence-corrected chi connectivity index (χ0v) is 15.5. The van der Waals surface area contributed by atoms with Crippen molar-refractivity contribution in [2.45, 2.75) is 48.1 Å². The van der Waals surface area contributed by atoms with Crippen molar-refractivity contribution >= 4 is 5.97 Å². The Kier molecular flexibility index (Phi) is 5.04. The molecule has 1 aromatic rings. The Morgan fingerprint density at radius 2 is 1.72 bits per heavy atom. The Labute approximate surface area is 147 Å². The minimum Gasteiger partial charge on any atom is -0.461 e. The molecule has 1 aliphatic carbocycles. The Hall–Kier alpha value is -2.22. The average Bonchev–Trinajstić information content (AvgIpc) is 3.10. The zero-order chi connectivity index (χ0) is 19.1. The zero-order valence-electron chi connectivity index (χ0n) is 15.5. The van der Waals surface area contributed by atoms with Crippen molar-refractivity contribution in [2.75, 3.05) is 0 Å². The van der Waals surface area contributed by atoms with Crippen molar-refractivity contribution in [3.8, 4) is 6.07 Å². The van der Waals surface area contributed by atoms with Crippen molar-refractivity contribution in [2.24, 2.45) is 17.3 Å². The van der Waals surface area contributed by atoms with Crippen LogP contribution in [0.3, 0.4) is 0 Å². The molecule has 0 N–H and O–H groups in total. The number of carbonyl (C=O) groups is 1. The topological polar surface area (TPSA) is 50.1 Å². The first-order valence-electron chi connectivity index (χ1n) is 8.22. The summed E-state index contributed by atoms with van der Waals surface area (Å²) < 4.78 is 33.5. The number of hydrogen-bond acceptors (Lipinski definition) is 3. The van der Waals surface area contributed by atoms with E-state index in [0.29, 0.717) is 22.3 Å². The van der Waals surface area contributed by atoms with E-state index < -0.39 is 17.6 Å². The van der Waals surface area contributed by atoms with Crippen LogP contribution in [0.2, 0.25) is 0 Å². The van der Waals surface area contributed by atoms with Crippen LogP contribution in [-0.2, 0) is 16.1 Å². The predicted molar refractivity (Wildman–Crippen MR) is 90.5 cm³/mol. The largest absolute Gasteiger partial charge is 0.461 e. The van der Waals surface area contributed by atoms with Gasteiger partial charge in [0.15, 0.2) is 0 Å². The van der Waals surface area contributed by atoms with Gasteiger partial charge in [0.25, 0.3) is 0 Å². The monoisotopic (exact) mass is 347 g/mol. The number of nitriles is 1. The molecule has 0 amide bonds. The lowest BCUT2D eigenvalue weighted by molar-refractivity contribution is -0.147. The van der Waals surface area contributed by atoms with Gasteiger partial charge in [0, 0.05) is 16.7 Å². The number of benzene rings is 1. The molecule has 0 unspecified atom stereocenters. The fourth-order valence-corrected chi connectivity index (χ4v) is 3.40. The van der Waals surface area contributed by atoms with Crippen molar-refractivity contribution in [1.29, 1.82) is 5.26 Å². The van der Waals surface area contributed by atoms with E-state index in [1.54, 1.807) is 26.8 Å². The van der Waals surface area contributed by atoms with Gasteiger partial charge in [-0.2, -0.15) is 5.26 Å². The van der Waals surface area contributed by atoms with Crippen LogP contribution >= 0.6 is 0 Å². The summed E-state index contributed by atoms with van der Waals surface area (Å²) in [6, 6.07) is 2.05. The summed E-state index contributed by atoms with van der Waals surface area (Å²) >= 11 is 0. The van der Waals surface area contributed by atoms with E-state index in [-0.39, 0.29) is 29.4 Å². The van der Waals surface area contributed by atoms with Gasteiger partial charge in [-0.3, -0.25) is 4.79 Å². The molecule has 3 nitrogen and oxygen atoms in total. The number of halogens is 2. The van der Waals surface area contributed by atoms with Gasteiger partial charge in [0.1, 0.15) is 18.2 Å². The summed E-state index contributed by atoms with van der Waals surface area (Å²) in [7, 11) is 0. The smallest absolute Gasteiger partial charge is 0.310 e. The number of carbonyl (C=O) groups excluding carboxylic acids is 1. The summed E-state index contributed by atoms with van der Waals surface area (Å²) in [6.07, 6.45) is 1.79. The van der Waals surface area contributed by atoms with E-state index in [1.807, 2.05) is 19.9 Å². The van der Waals surface area contributed by atoms with Gasteiger partial charge in [0.2, 0.25) is 0 Å². The van der Waals surface area contributed by atoms with Gasteiger partial charge in [-0.25, -0.2) is 8.78 Å². The molecule has 5 heteroatoms. The maximum Gasteiger partial charge on any atom is 0.310 e. The van der Waals surface area contributed by atoms with Crippen LogP contribution in [0.25, 0.3) is 0 Å². The van der Waals surface area contributed by atoms with E-state index in [9.17, 15) is 13.6 Å². The third kappa shape index (κ3) is 3.30. The second-order valence-corrected chi connectivity index (χ2v) is 7.38. The summed E-state index contributed by atoms with van der Waals surface area (Å²) in [5, 5.41) is 8.89. The lowest BCUT2D eigenvalue weighted by Gasteiger charge is -2.15. The van der Waals surface area contributed by atoms with Gasteiger partial charge >= 0.3 is 5.97 Å². The van der Waals surface area contributed by atoms with E-state index in [1.165, 1.54) is 6.92 Å². The number of rotatable bonds is 4. The van der Waals surface area contributed by atoms with Crippen LogP contribution in [0.4, 0.5) is 8.78 Å². The molecule has 1 saturated carbocycles. The second kappa shape index (κ2) is 6.59. The molecule has 2 atom stereocenters. The summed E-state index contributed by atoms with van der Waals surface area (Å²) in [6.45, 7) is 9.91. The second-order valence-electron chi connectivity index (χ2n) is 7.38. The lowest BCUT2D eigenvalue weighted by atomic mass is 9.98. The predicted octanol–water partition coefficient (Wildman–Crippen LogP) is 4.68. The van der Waals surface area contributed by atoms with Crippen molar-refractivity contribution in [3.63, 3.8) is 0 Å². The van der Waals surface area contributed by atoms with Crippen molar-refractivity contribution in [3.05, 3.63) is 45.5 Å². The van der Waals surface area contributed by atoms with Crippen LogP contribution in [0.1, 0.15) is 43.0 Å². The maximum atomic E-state index is 14.1. The molecular weight excluding hydrogens is 324 g/mol. The van der Waals surface area contributed by atoms with Crippen molar-refractivity contribution in [1.82, 2.24) is 0 Å². The van der Waals surface area contributed by atoms with E-state index in [2.05, 4.69) is 0 Å². The van der Waals surface area contributed by atoms with Gasteiger partial charge in [-0.1, -0.05) is 19.9 Å². The molecule has 1 aliphatic rings. The van der Waals surface area contributed by atoms with E-state index in [4.69, 9.17) is 10.00 Å². The minimum absolute atomic E-state index is 0.0226. The first kappa shape index (κ1) is 19.1. The summed E-state index contributed by atoms with van der Waals surface area (Å²) in [5.74, 6) is -2.03. The first-order valence-corrected chi connectivity index (χ1v) is 8.22. The number of ether oxygens (including phenoxy) is 1. The highest BCUT2D eigenvalue weighted by atomic mass is 19.1. The molecule has 0 radical (unpaired) electrons. The number of allylic oxidation sites excluding steroid dienone is 2. The third-order valence-corrected chi connectivity index (χ3v) is 5.35. The highest BCUT2D eigenvalue weighted by Crippen LogP contribution is 2.59. The summed E-state index contributed by atoms with van der Waals surface area (Å²) in [4.78, 5) is 12.4. The molecule has 0 bridgehead atoms. The quantitative estimate of drug-likeness (QED) is 0.587. The highest BCUT2D eigenvalue weighted by Gasteiger charge is 2.61. The minimum atomic E-state index is -0.605. The molecule has 0 spiro atoms. The number of esters is 1. The normalized spacial score (nSPS) is 21.6. The molecule has 0 aromatic heterocycles. The van der Waals surface area contributed by atoms with Gasteiger partial charge in [-0.15, -0.1) is 0 Å². The molecular formula is C20H23F2NO2. The standard InChI is InChI=1S/C20H23F2NO2/c1-10(8-23)7-15-16(20(15,5)6)19(24)25-9-14-11(2)17(21)13(4)18(22)12(14)3/h7,15-16H,9H2,1-6H3/t15-,16+/m1/s1.